The van der Waals surface area contributed by atoms with Gasteiger partial charge in [0.2, 0.25) is 0 Å². The van der Waals surface area contributed by atoms with Crippen molar-refractivity contribution in [3.05, 3.63) is 29.1 Å². The van der Waals surface area contributed by atoms with Crippen LogP contribution in [0.5, 0.6) is 0 Å². The lowest BCUT2D eigenvalue weighted by atomic mass is 9.98. The molecule has 0 unspecified atom stereocenters. The molecule has 1 aromatic heterocycles. The predicted octanol–water partition coefficient (Wildman–Crippen LogP) is 2.55. The first-order chi connectivity index (χ1) is 6.79. The SMILES string of the molecule is CC(=O)c1cncc2c1CCCCC2. The molecular weight excluding hydrogens is 174 g/mol. The van der Waals surface area contributed by atoms with Crippen LogP contribution >= 0.6 is 0 Å². The minimum atomic E-state index is 0.149. The van der Waals surface area contributed by atoms with E-state index in [-0.39, 0.29) is 5.78 Å². The summed E-state index contributed by atoms with van der Waals surface area (Å²) in [6, 6.07) is 0. The summed E-state index contributed by atoms with van der Waals surface area (Å²) in [6.07, 6.45) is 9.48. The summed E-state index contributed by atoms with van der Waals surface area (Å²) < 4.78 is 0. The zero-order valence-corrected chi connectivity index (χ0v) is 8.55. The highest BCUT2D eigenvalue weighted by molar-refractivity contribution is 5.95. The molecular formula is C12H15NO. The average Bonchev–Trinajstić information content (AvgIpc) is 2.41. The van der Waals surface area contributed by atoms with Crippen molar-refractivity contribution in [3.8, 4) is 0 Å². The van der Waals surface area contributed by atoms with E-state index in [2.05, 4.69) is 4.98 Å². The lowest BCUT2D eigenvalue weighted by Crippen LogP contribution is -2.03. The maximum absolute atomic E-state index is 11.4. The highest BCUT2D eigenvalue weighted by Crippen LogP contribution is 2.22. The highest BCUT2D eigenvalue weighted by atomic mass is 16.1. The van der Waals surface area contributed by atoms with Crippen molar-refractivity contribution in [1.29, 1.82) is 0 Å². The third kappa shape index (κ3) is 1.69. The first kappa shape index (κ1) is 9.38. The van der Waals surface area contributed by atoms with Gasteiger partial charge in [-0.05, 0) is 43.7 Å². The third-order valence-corrected chi connectivity index (χ3v) is 2.90. The molecule has 2 nitrogen and oxygen atoms in total. The molecule has 0 aliphatic heterocycles. The van der Waals surface area contributed by atoms with Gasteiger partial charge in [0.1, 0.15) is 0 Å². The fourth-order valence-electron chi connectivity index (χ4n) is 2.14. The zero-order chi connectivity index (χ0) is 9.97. The minimum absolute atomic E-state index is 0.149. The Hall–Kier alpha value is -1.18. The number of carbonyl (C=O) groups is 1. The normalized spacial score (nSPS) is 15.8. The van der Waals surface area contributed by atoms with E-state index in [1.165, 1.54) is 30.4 Å². The van der Waals surface area contributed by atoms with E-state index in [1.807, 2.05) is 6.20 Å². The average molecular weight is 189 g/mol. The summed E-state index contributed by atoms with van der Waals surface area (Å²) in [5.41, 5.74) is 3.38. The molecule has 2 rings (SSSR count). The maximum atomic E-state index is 11.4. The van der Waals surface area contributed by atoms with Gasteiger partial charge in [0.15, 0.2) is 5.78 Å². The minimum Gasteiger partial charge on any atom is -0.294 e. The summed E-state index contributed by atoms with van der Waals surface area (Å²) in [5.74, 6) is 0.149. The number of pyridine rings is 1. The number of rotatable bonds is 1. The van der Waals surface area contributed by atoms with Crippen LogP contribution in [0.1, 0.15) is 47.7 Å². The van der Waals surface area contributed by atoms with E-state index in [9.17, 15) is 4.79 Å². The Balaban J connectivity index is 2.47. The summed E-state index contributed by atoms with van der Waals surface area (Å²) in [5, 5.41) is 0. The molecule has 0 atom stereocenters. The number of fused-ring (bicyclic) bond motifs is 1. The van der Waals surface area contributed by atoms with E-state index >= 15 is 0 Å². The Morgan fingerprint density at radius 2 is 2.00 bits per heavy atom. The molecule has 0 bridgehead atoms. The second-order valence-corrected chi connectivity index (χ2v) is 3.94. The van der Waals surface area contributed by atoms with Gasteiger partial charge in [-0.25, -0.2) is 0 Å². The summed E-state index contributed by atoms with van der Waals surface area (Å²) >= 11 is 0. The molecule has 1 aromatic rings. The van der Waals surface area contributed by atoms with Crippen LogP contribution in [0.25, 0.3) is 0 Å². The van der Waals surface area contributed by atoms with Crippen molar-refractivity contribution in [3.63, 3.8) is 0 Å². The molecule has 0 fully saturated rings. The van der Waals surface area contributed by atoms with Gasteiger partial charge in [-0.1, -0.05) is 6.42 Å². The Labute approximate surface area is 84.4 Å². The molecule has 0 saturated carbocycles. The van der Waals surface area contributed by atoms with Crippen LogP contribution in [0.3, 0.4) is 0 Å². The van der Waals surface area contributed by atoms with Crippen LogP contribution in [0.15, 0.2) is 12.4 Å². The molecule has 74 valence electrons. The Bertz CT molecular complexity index is 357. The maximum Gasteiger partial charge on any atom is 0.161 e. The molecule has 2 heteroatoms. The van der Waals surface area contributed by atoms with Crippen LogP contribution in [-0.4, -0.2) is 10.8 Å². The molecule has 0 aromatic carbocycles. The van der Waals surface area contributed by atoms with Gasteiger partial charge in [0.05, 0.1) is 0 Å². The summed E-state index contributed by atoms with van der Waals surface area (Å²) in [7, 11) is 0. The number of hydrogen-bond acceptors (Lipinski definition) is 2. The Kier molecular flexibility index (Phi) is 2.62. The Morgan fingerprint density at radius 1 is 1.21 bits per heavy atom. The molecule has 1 aliphatic carbocycles. The number of aryl methyl sites for hydroxylation is 1. The van der Waals surface area contributed by atoms with Gasteiger partial charge < -0.3 is 0 Å². The number of nitrogens with zero attached hydrogens (tertiary/aromatic N) is 1. The molecule has 1 heterocycles. The molecule has 0 saturated heterocycles. The van der Waals surface area contributed by atoms with Gasteiger partial charge in [0, 0.05) is 18.0 Å². The number of Topliss-reactive ketones (excluding diaryl/α,β-unsaturated/α-hetero) is 1. The first-order valence-electron chi connectivity index (χ1n) is 5.25. The van der Waals surface area contributed by atoms with E-state index in [0.717, 1.165) is 18.4 Å². The molecule has 1 aliphatic rings. The first-order valence-corrected chi connectivity index (χ1v) is 5.25. The largest absolute Gasteiger partial charge is 0.294 e. The van der Waals surface area contributed by atoms with Crippen LogP contribution in [0.4, 0.5) is 0 Å². The van der Waals surface area contributed by atoms with Crippen LogP contribution in [0, 0.1) is 0 Å². The Morgan fingerprint density at radius 3 is 2.79 bits per heavy atom. The second-order valence-electron chi connectivity index (χ2n) is 3.94. The zero-order valence-electron chi connectivity index (χ0n) is 8.55. The van der Waals surface area contributed by atoms with Crippen molar-refractivity contribution in [1.82, 2.24) is 4.98 Å². The third-order valence-electron chi connectivity index (χ3n) is 2.90. The lowest BCUT2D eigenvalue weighted by Gasteiger charge is -2.08. The van der Waals surface area contributed by atoms with Gasteiger partial charge in [-0.3, -0.25) is 9.78 Å². The van der Waals surface area contributed by atoms with Crippen molar-refractivity contribution in [2.45, 2.75) is 39.0 Å². The fourth-order valence-corrected chi connectivity index (χ4v) is 2.14. The van der Waals surface area contributed by atoms with Crippen LogP contribution in [-0.2, 0) is 12.8 Å². The summed E-state index contributed by atoms with van der Waals surface area (Å²) in [6.45, 7) is 1.63. The standard InChI is InChI=1S/C12H15NO/c1-9(14)12-8-13-7-10-5-3-2-4-6-11(10)12/h7-8H,2-6H2,1H3. The monoisotopic (exact) mass is 189 g/mol. The van der Waals surface area contributed by atoms with Gasteiger partial charge in [-0.2, -0.15) is 0 Å². The van der Waals surface area contributed by atoms with E-state index in [1.54, 1.807) is 13.1 Å². The molecule has 0 radical (unpaired) electrons. The van der Waals surface area contributed by atoms with E-state index in [0.29, 0.717) is 0 Å². The van der Waals surface area contributed by atoms with Crippen molar-refractivity contribution < 1.29 is 4.79 Å². The fraction of sp³-hybridized carbons (Fsp3) is 0.500. The van der Waals surface area contributed by atoms with Crippen molar-refractivity contribution in [2.24, 2.45) is 0 Å². The summed E-state index contributed by atoms with van der Waals surface area (Å²) in [4.78, 5) is 15.5. The second kappa shape index (κ2) is 3.91. The van der Waals surface area contributed by atoms with E-state index in [4.69, 9.17) is 0 Å². The van der Waals surface area contributed by atoms with E-state index < -0.39 is 0 Å². The number of carbonyl (C=O) groups excluding carboxylic acids is 1. The smallest absolute Gasteiger partial charge is 0.161 e. The topological polar surface area (TPSA) is 30.0 Å². The lowest BCUT2D eigenvalue weighted by molar-refractivity contribution is 0.101. The highest BCUT2D eigenvalue weighted by Gasteiger charge is 2.14. The molecule has 14 heavy (non-hydrogen) atoms. The predicted molar refractivity (Wildman–Crippen MR) is 55.5 cm³/mol. The van der Waals surface area contributed by atoms with Crippen LogP contribution in [0.2, 0.25) is 0 Å². The number of ketones is 1. The molecule has 0 amide bonds. The van der Waals surface area contributed by atoms with Crippen molar-refractivity contribution in [2.75, 3.05) is 0 Å². The van der Waals surface area contributed by atoms with Crippen LogP contribution < -0.4 is 0 Å². The van der Waals surface area contributed by atoms with Gasteiger partial charge in [0.25, 0.3) is 0 Å². The number of aromatic nitrogens is 1. The quantitative estimate of drug-likeness (QED) is 0.502. The van der Waals surface area contributed by atoms with Gasteiger partial charge in [-0.15, -0.1) is 0 Å². The van der Waals surface area contributed by atoms with Gasteiger partial charge >= 0.3 is 0 Å². The molecule has 0 spiro atoms. The van der Waals surface area contributed by atoms with Crippen molar-refractivity contribution >= 4 is 5.78 Å². The molecule has 0 N–H and O–H groups in total. The number of hydrogen-bond donors (Lipinski definition) is 0.